The van der Waals surface area contributed by atoms with Gasteiger partial charge in [-0.25, -0.2) is 0 Å². The lowest BCUT2D eigenvalue weighted by atomic mass is 9.83. The summed E-state index contributed by atoms with van der Waals surface area (Å²) in [6.45, 7) is 9.40. The highest BCUT2D eigenvalue weighted by molar-refractivity contribution is 4.80. The minimum absolute atomic E-state index is 0.687. The molecule has 0 aliphatic heterocycles. The Morgan fingerprint density at radius 3 is 2.06 bits per heavy atom. The zero-order valence-electron chi connectivity index (χ0n) is 11.8. The van der Waals surface area contributed by atoms with Gasteiger partial charge < -0.3 is 5.32 Å². The number of nitrogens with one attached hydrogen (secondary N) is 1. The third-order valence-electron chi connectivity index (χ3n) is 4.64. The van der Waals surface area contributed by atoms with Crippen molar-refractivity contribution >= 4 is 0 Å². The van der Waals surface area contributed by atoms with E-state index in [0.29, 0.717) is 6.04 Å². The molecule has 1 aliphatic rings. The van der Waals surface area contributed by atoms with Crippen LogP contribution in [0.4, 0.5) is 0 Å². The Morgan fingerprint density at radius 2 is 1.56 bits per heavy atom. The standard InChI is InChI=1S/C15H31N/c1-5-14(6-2)12(3)16-13(4)15-10-8-7-9-11-15/h12-16H,5-11H2,1-4H3. The molecule has 1 heteroatoms. The second kappa shape index (κ2) is 7.32. The highest BCUT2D eigenvalue weighted by atomic mass is 14.9. The number of hydrogen-bond donors (Lipinski definition) is 1. The van der Waals surface area contributed by atoms with Crippen LogP contribution in [-0.4, -0.2) is 12.1 Å². The van der Waals surface area contributed by atoms with Crippen LogP contribution >= 0.6 is 0 Å². The number of hydrogen-bond acceptors (Lipinski definition) is 1. The molecule has 0 aromatic carbocycles. The first-order valence-electron chi connectivity index (χ1n) is 7.45. The maximum atomic E-state index is 3.85. The van der Waals surface area contributed by atoms with Gasteiger partial charge in [0.1, 0.15) is 0 Å². The van der Waals surface area contributed by atoms with Crippen LogP contribution in [0.1, 0.15) is 72.6 Å². The molecule has 0 radical (unpaired) electrons. The van der Waals surface area contributed by atoms with Gasteiger partial charge in [-0.15, -0.1) is 0 Å². The van der Waals surface area contributed by atoms with E-state index in [1.165, 1.54) is 44.9 Å². The summed E-state index contributed by atoms with van der Waals surface area (Å²) < 4.78 is 0. The van der Waals surface area contributed by atoms with Crippen molar-refractivity contribution in [2.24, 2.45) is 11.8 Å². The fraction of sp³-hybridized carbons (Fsp3) is 1.00. The second-order valence-electron chi connectivity index (χ2n) is 5.72. The van der Waals surface area contributed by atoms with Crippen molar-refractivity contribution in [3.05, 3.63) is 0 Å². The molecule has 0 saturated heterocycles. The quantitative estimate of drug-likeness (QED) is 0.708. The zero-order valence-corrected chi connectivity index (χ0v) is 11.8. The van der Waals surface area contributed by atoms with Gasteiger partial charge >= 0.3 is 0 Å². The smallest absolute Gasteiger partial charge is 0.00695 e. The Hall–Kier alpha value is -0.0400. The summed E-state index contributed by atoms with van der Waals surface area (Å²) >= 11 is 0. The van der Waals surface area contributed by atoms with Gasteiger partial charge in [0.05, 0.1) is 0 Å². The lowest BCUT2D eigenvalue weighted by molar-refractivity contribution is 0.238. The van der Waals surface area contributed by atoms with E-state index in [2.05, 4.69) is 33.0 Å². The van der Waals surface area contributed by atoms with E-state index < -0.39 is 0 Å². The second-order valence-corrected chi connectivity index (χ2v) is 5.72. The lowest BCUT2D eigenvalue weighted by Gasteiger charge is -2.33. The van der Waals surface area contributed by atoms with Crippen LogP contribution < -0.4 is 5.32 Å². The molecule has 1 nitrogen and oxygen atoms in total. The van der Waals surface area contributed by atoms with Crippen molar-refractivity contribution < 1.29 is 0 Å². The Kier molecular flexibility index (Phi) is 6.41. The van der Waals surface area contributed by atoms with E-state index >= 15 is 0 Å². The largest absolute Gasteiger partial charge is 0.311 e. The van der Waals surface area contributed by atoms with Crippen molar-refractivity contribution in [1.29, 1.82) is 0 Å². The Morgan fingerprint density at radius 1 is 1.00 bits per heavy atom. The Bertz CT molecular complexity index is 168. The first-order chi connectivity index (χ1) is 7.69. The molecule has 0 amide bonds. The molecular weight excluding hydrogens is 194 g/mol. The molecule has 1 saturated carbocycles. The molecule has 1 fully saturated rings. The molecule has 2 unspecified atom stereocenters. The van der Waals surface area contributed by atoms with Gasteiger partial charge in [-0.05, 0) is 38.5 Å². The normalized spacial score (nSPS) is 22.3. The molecule has 0 heterocycles. The highest BCUT2D eigenvalue weighted by Crippen LogP contribution is 2.27. The summed E-state index contributed by atoms with van der Waals surface area (Å²) in [6, 6.07) is 1.41. The summed E-state index contributed by atoms with van der Waals surface area (Å²) in [6.07, 6.45) is 9.88. The minimum atomic E-state index is 0.687. The average molecular weight is 225 g/mol. The van der Waals surface area contributed by atoms with Crippen LogP contribution in [0.25, 0.3) is 0 Å². The molecule has 16 heavy (non-hydrogen) atoms. The molecule has 0 aromatic rings. The molecule has 0 bridgehead atoms. The van der Waals surface area contributed by atoms with Crippen molar-refractivity contribution in [3.8, 4) is 0 Å². The molecule has 1 rings (SSSR count). The van der Waals surface area contributed by atoms with Crippen molar-refractivity contribution in [2.75, 3.05) is 0 Å². The highest BCUT2D eigenvalue weighted by Gasteiger charge is 2.23. The van der Waals surface area contributed by atoms with Crippen LogP contribution in [-0.2, 0) is 0 Å². The Balaban J connectivity index is 2.33. The average Bonchev–Trinajstić information content (AvgIpc) is 2.31. The SMILES string of the molecule is CCC(CC)C(C)NC(C)C1CCCCC1. The molecule has 2 atom stereocenters. The fourth-order valence-corrected chi connectivity index (χ4v) is 3.32. The lowest BCUT2D eigenvalue weighted by Crippen LogP contribution is -2.43. The molecular formula is C15H31N. The molecule has 0 spiro atoms. The maximum absolute atomic E-state index is 3.85. The van der Waals surface area contributed by atoms with Gasteiger partial charge in [0, 0.05) is 12.1 Å². The predicted octanol–water partition coefficient (Wildman–Crippen LogP) is 4.37. The fourth-order valence-electron chi connectivity index (χ4n) is 3.32. The molecule has 96 valence electrons. The van der Waals surface area contributed by atoms with E-state index in [0.717, 1.165) is 17.9 Å². The predicted molar refractivity (Wildman–Crippen MR) is 72.7 cm³/mol. The van der Waals surface area contributed by atoms with Gasteiger partial charge in [-0.2, -0.15) is 0 Å². The van der Waals surface area contributed by atoms with Crippen molar-refractivity contribution in [1.82, 2.24) is 5.32 Å². The first kappa shape index (κ1) is 14.0. The van der Waals surface area contributed by atoms with Gasteiger partial charge in [-0.1, -0.05) is 46.0 Å². The van der Waals surface area contributed by atoms with E-state index in [1.54, 1.807) is 0 Å². The van der Waals surface area contributed by atoms with E-state index in [1.807, 2.05) is 0 Å². The third-order valence-corrected chi connectivity index (χ3v) is 4.64. The van der Waals surface area contributed by atoms with E-state index in [-0.39, 0.29) is 0 Å². The Labute approximate surface area is 102 Å². The third kappa shape index (κ3) is 4.08. The number of rotatable bonds is 6. The van der Waals surface area contributed by atoms with Gasteiger partial charge in [0.15, 0.2) is 0 Å². The van der Waals surface area contributed by atoms with Crippen LogP contribution in [0.2, 0.25) is 0 Å². The summed E-state index contributed by atoms with van der Waals surface area (Å²) in [5.74, 6) is 1.79. The monoisotopic (exact) mass is 225 g/mol. The molecule has 0 aromatic heterocycles. The summed E-state index contributed by atoms with van der Waals surface area (Å²) in [5, 5.41) is 3.85. The maximum Gasteiger partial charge on any atom is 0.00695 e. The summed E-state index contributed by atoms with van der Waals surface area (Å²) in [7, 11) is 0. The van der Waals surface area contributed by atoms with Gasteiger partial charge in [0.25, 0.3) is 0 Å². The molecule has 1 aliphatic carbocycles. The van der Waals surface area contributed by atoms with Gasteiger partial charge in [-0.3, -0.25) is 0 Å². The summed E-state index contributed by atoms with van der Waals surface area (Å²) in [5.41, 5.74) is 0. The van der Waals surface area contributed by atoms with Crippen molar-refractivity contribution in [2.45, 2.75) is 84.7 Å². The van der Waals surface area contributed by atoms with Crippen LogP contribution in [0.15, 0.2) is 0 Å². The first-order valence-corrected chi connectivity index (χ1v) is 7.45. The minimum Gasteiger partial charge on any atom is -0.311 e. The van der Waals surface area contributed by atoms with E-state index in [4.69, 9.17) is 0 Å². The molecule has 1 N–H and O–H groups in total. The van der Waals surface area contributed by atoms with Crippen LogP contribution in [0, 0.1) is 11.8 Å². The van der Waals surface area contributed by atoms with Gasteiger partial charge in [0.2, 0.25) is 0 Å². The summed E-state index contributed by atoms with van der Waals surface area (Å²) in [4.78, 5) is 0. The van der Waals surface area contributed by atoms with Crippen LogP contribution in [0.5, 0.6) is 0 Å². The zero-order chi connectivity index (χ0) is 12.0. The van der Waals surface area contributed by atoms with Crippen LogP contribution in [0.3, 0.4) is 0 Å². The van der Waals surface area contributed by atoms with Crippen molar-refractivity contribution in [3.63, 3.8) is 0 Å². The van der Waals surface area contributed by atoms with E-state index in [9.17, 15) is 0 Å². The topological polar surface area (TPSA) is 12.0 Å².